The van der Waals surface area contributed by atoms with E-state index in [0.29, 0.717) is 5.57 Å². The molecule has 28 heavy (non-hydrogen) atoms. The largest absolute Gasteiger partial charge is 0.497 e. The Hall–Kier alpha value is -3.59. The van der Waals surface area contributed by atoms with Gasteiger partial charge < -0.3 is 9.47 Å². The quantitative estimate of drug-likeness (QED) is 0.249. The van der Waals surface area contributed by atoms with Gasteiger partial charge in [0, 0.05) is 0 Å². The first kappa shape index (κ1) is 19.2. The third-order valence-electron chi connectivity index (χ3n) is 4.34. The van der Waals surface area contributed by atoms with E-state index in [4.69, 9.17) is 9.47 Å². The molecule has 3 rings (SSSR count). The number of esters is 1. The number of carbonyl (C=O) groups excluding carboxylic acids is 1. The minimum atomic E-state index is -0.389. The molecule has 0 unspecified atom stereocenters. The van der Waals surface area contributed by atoms with Gasteiger partial charge in [-0.05, 0) is 46.5 Å². The highest BCUT2D eigenvalue weighted by Gasteiger charge is 2.14. The van der Waals surface area contributed by atoms with E-state index in [1.54, 1.807) is 7.11 Å². The Balaban J connectivity index is 2.13. The first-order valence-corrected chi connectivity index (χ1v) is 8.98. The standard InChI is InChI=1S/C25H22O3/c1-27-23-15-13-21(14-16-23)24(25(26)28-2)18-22(20-11-7-4-8-12-20)17-19-9-5-3-6-10-19/h3-18H,1-2H3/b22-17-,24-18+. The van der Waals surface area contributed by atoms with E-state index in [-0.39, 0.29) is 5.97 Å². The van der Waals surface area contributed by atoms with Crippen molar-refractivity contribution in [3.8, 4) is 5.75 Å². The lowest BCUT2D eigenvalue weighted by Gasteiger charge is -2.10. The van der Waals surface area contributed by atoms with Crippen LogP contribution in [0.25, 0.3) is 17.2 Å². The van der Waals surface area contributed by atoms with E-state index in [1.165, 1.54) is 7.11 Å². The minimum Gasteiger partial charge on any atom is -0.497 e. The van der Waals surface area contributed by atoms with Crippen LogP contribution >= 0.6 is 0 Å². The number of ether oxygens (including phenoxy) is 2. The molecule has 0 spiro atoms. The van der Waals surface area contributed by atoms with Crippen molar-refractivity contribution in [1.29, 1.82) is 0 Å². The van der Waals surface area contributed by atoms with Crippen molar-refractivity contribution in [1.82, 2.24) is 0 Å². The van der Waals surface area contributed by atoms with Crippen LogP contribution < -0.4 is 4.74 Å². The van der Waals surface area contributed by atoms with Crippen LogP contribution in [-0.2, 0) is 9.53 Å². The minimum absolute atomic E-state index is 0.389. The average Bonchev–Trinajstić information content (AvgIpc) is 2.77. The number of hydrogen-bond donors (Lipinski definition) is 0. The molecule has 0 aromatic heterocycles. The normalized spacial score (nSPS) is 11.8. The molecule has 0 saturated heterocycles. The zero-order valence-corrected chi connectivity index (χ0v) is 16.0. The molecule has 140 valence electrons. The van der Waals surface area contributed by atoms with Crippen molar-refractivity contribution >= 4 is 23.2 Å². The van der Waals surface area contributed by atoms with E-state index in [9.17, 15) is 4.79 Å². The van der Waals surface area contributed by atoms with Crippen LogP contribution in [0.3, 0.4) is 0 Å². The van der Waals surface area contributed by atoms with E-state index in [1.807, 2.05) is 91.0 Å². The van der Waals surface area contributed by atoms with Crippen LogP contribution in [0.4, 0.5) is 0 Å². The Morgan fingerprint density at radius 2 is 1.36 bits per heavy atom. The van der Waals surface area contributed by atoms with Gasteiger partial charge in [-0.3, -0.25) is 0 Å². The zero-order valence-electron chi connectivity index (χ0n) is 16.0. The van der Waals surface area contributed by atoms with Gasteiger partial charge in [-0.15, -0.1) is 0 Å². The maximum absolute atomic E-state index is 12.5. The second-order valence-corrected chi connectivity index (χ2v) is 6.15. The van der Waals surface area contributed by atoms with Crippen LogP contribution in [0.15, 0.2) is 91.0 Å². The molecule has 0 aliphatic carbocycles. The molecule has 3 aromatic carbocycles. The van der Waals surface area contributed by atoms with Gasteiger partial charge in [0.25, 0.3) is 0 Å². The fourth-order valence-corrected chi connectivity index (χ4v) is 2.86. The number of methoxy groups -OCH3 is 2. The predicted octanol–water partition coefficient (Wildman–Crippen LogP) is 5.49. The third kappa shape index (κ3) is 4.77. The lowest BCUT2D eigenvalue weighted by atomic mass is 9.97. The molecule has 0 fully saturated rings. The van der Waals surface area contributed by atoms with Gasteiger partial charge >= 0.3 is 5.97 Å². The Morgan fingerprint density at radius 3 is 1.93 bits per heavy atom. The van der Waals surface area contributed by atoms with Crippen molar-refractivity contribution < 1.29 is 14.3 Å². The number of allylic oxidation sites excluding steroid dienone is 2. The molecule has 0 N–H and O–H groups in total. The lowest BCUT2D eigenvalue weighted by molar-refractivity contribution is -0.133. The highest BCUT2D eigenvalue weighted by molar-refractivity contribution is 6.19. The maximum Gasteiger partial charge on any atom is 0.338 e. The highest BCUT2D eigenvalue weighted by Crippen LogP contribution is 2.27. The van der Waals surface area contributed by atoms with E-state index in [2.05, 4.69) is 6.08 Å². The molecule has 0 aliphatic heterocycles. The summed E-state index contributed by atoms with van der Waals surface area (Å²) in [4.78, 5) is 12.5. The van der Waals surface area contributed by atoms with Crippen LogP contribution in [0.1, 0.15) is 16.7 Å². The second kappa shape index (κ2) is 9.38. The Labute approximate surface area is 165 Å². The summed E-state index contributed by atoms with van der Waals surface area (Å²) in [5.41, 5.74) is 4.24. The maximum atomic E-state index is 12.5. The van der Waals surface area contributed by atoms with Crippen LogP contribution in [0.2, 0.25) is 0 Å². The smallest absolute Gasteiger partial charge is 0.338 e. The third-order valence-corrected chi connectivity index (χ3v) is 4.34. The van der Waals surface area contributed by atoms with Crippen molar-refractivity contribution in [2.75, 3.05) is 14.2 Å². The van der Waals surface area contributed by atoms with Crippen molar-refractivity contribution in [3.63, 3.8) is 0 Å². The zero-order chi connectivity index (χ0) is 19.8. The van der Waals surface area contributed by atoms with Gasteiger partial charge in [0.15, 0.2) is 0 Å². The van der Waals surface area contributed by atoms with E-state index < -0.39 is 0 Å². The number of carbonyl (C=O) groups is 1. The molecular formula is C25H22O3. The van der Waals surface area contributed by atoms with Crippen LogP contribution in [-0.4, -0.2) is 20.2 Å². The molecule has 0 heterocycles. The Bertz CT molecular complexity index is 969. The summed E-state index contributed by atoms with van der Waals surface area (Å²) < 4.78 is 10.3. The number of rotatable bonds is 6. The molecule has 0 amide bonds. The SMILES string of the molecule is COC(=O)/C(=C/C(=C/c1ccccc1)c1ccccc1)c1ccc(OC)cc1. The fraction of sp³-hybridized carbons (Fsp3) is 0.0800. The number of benzene rings is 3. The summed E-state index contributed by atoms with van der Waals surface area (Å²) in [6.45, 7) is 0. The highest BCUT2D eigenvalue weighted by atomic mass is 16.5. The monoisotopic (exact) mass is 370 g/mol. The first-order chi connectivity index (χ1) is 13.7. The summed E-state index contributed by atoms with van der Waals surface area (Å²) in [7, 11) is 3.00. The van der Waals surface area contributed by atoms with E-state index in [0.717, 1.165) is 28.0 Å². The lowest BCUT2D eigenvalue weighted by Crippen LogP contribution is -2.04. The summed E-state index contributed by atoms with van der Waals surface area (Å²) >= 11 is 0. The van der Waals surface area contributed by atoms with Crippen molar-refractivity contribution in [2.24, 2.45) is 0 Å². The van der Waals surface area contributed by atoms with Gasteiger partial charge in [-0.1, -0.05) is 72.8 Å². The van der Waals surface area contributed by atoms with Gasteiger partial charge in [-0.2, -0.15) is 0 Å². The number of hydrogen-bond acceptors (Lipinski definition) is 3. The Morgan fingerprint density at radius 1 is 0.750 bits per heavy atom. The molecular weight excluding hydrogens is 348 g/mol. The topological polar surface area (TPSA) is 35.5 Å². The first-order valence-electron chi connectivity index (χ1n) is 8.98. The molecule has 0 radical (unpaired) electrons. The van der Waals surface area contributed by atoms with Gasteiger partial charge in [-0.25, -0.2) is 4.79 Å². The second-order valence-electron chi connectivity index (χ2n) is 6.15. The van der Waals surface area contributed by atoms with Gasteiger partial charge in [0.2, 0.25) is 0 Å². The van der Waals surface area contributed by atoms with Crippen molar-refractivity contribution in [2.45, 2.75) is 0 Å². The summed E-state index contributed by atoms with van der Waals surface area (Å²) in [6.07, 6.45) is 3.93. The summed E-state index contributed by atoms with van der Waals surface area (Å²) in [6, 6.07) is 27.4. The molecule has 0 bridgehead atoms. The predicted molar refractivity (Wildman–Crippen MR) is 114 cm³/mol. The van der Waals surface area contributed by atoms with E-state index >= 15 is 0 Å². The molecule has 3 nitrogen and oxygen atoms in total. The summed E-state index contributed by atoms with van der Waals surface area (Å²) in [5, 5.41) is 0. The molecule has 3 heteroatoms. The van der Waals surface area contributed by atoms with Gasteiger partial charge in [0.1, 0.15) is 5.75 Å². The molecule has 0 atom stereocenters. The van der Waals surface area contributed by atoms with Crippen LogP contribution in [0.5, 0.6) is 5.75 Å². The van der Waals surface area contributed by atoms with Crippen LogP contribution in [0, 0.1) is 0 Å². The van der Waals surface area contributed by atoms with Crippen molar-refractivity contribution in [3.05, 3.63) is 108 Å². The summed E-state index contributed by atoms with van der Waals surface area (Å²) in [5.74, 6) is 0.344. The molecule has 0 saturated carbocycles. The molecule has 0 aliphatic rings. The van der Waals surface area contributed by atoms with Gasteiger partial charge in [0.05, 0.1) is 19.8 Å². The fourth-order valence-electron chi connectivity index (χ4n) is 2.86. The Kier molecular flexibility index (Phi) is 6.42. The molecule has 3 aromatic rings. The average molecular weight is 370 g/mol.